The van der Waals surface area contributed by atoms with Gasteiger partial charge in [-0.3, -0.25) is 9.59 Å². The SMILES string of the molecule is O=C(NC1CCN(CCCCC2(C(=O)NCC(F)(F)F)c3ccccc3-c3ccccc32)CC1)c1ncccc1O. The van der Waals surface area contributed by atoms with Crippen LogP contribution < -0.4 is 10.6 Å². The van der Waals surface area contributed by atoms with Gasteiger partial charge >= 0.3 is 6.18 Å². The maximum Gasteiger partial charge on any atom is 0.405 e. The minimum absolute atomic E-state index is 0.0122. The summed E-state index contributed by atoms with van der Waals surface area (Å²) in [4.78, 5) is 32.3. The molecule has 1 saturated heterocycles. The van der Waals surface area contributed by atoms with Crippen molar-refractivity contribution >= 4 is 11.8 Å². The molecule has 1 aliphatic carbocycles. The van der Waals surface area contributed by atoms with Crippen molar-refractivity contribution in [3.05, 3.63) is 83.7 Å². The van der Waals surface area contributed by atoms with E-state index in [1.807, 2.05) is 48.5 Å². The van der Waals surface area contributed by atoms with Crippen LogP contribution in [0.4, 0.5) is 13.2 Å². The lowest BCUT2D eigenvalue weighted by molar-refractivity contribution is -0.141. The van der Waals surface area contributed by atoms with Gasteiger partial charge in [0, 0.05) is 25.3 Å². The van der Waals surface area contributed by atoms with Crippen molar-refractivity contribution in [2.75, 3.05) is 26.2 Å². The maximum absolute atomic E-state index is 13.6. The van der Waals surface area contributed by atoms with Gasteiger partial charge < -0.3 is 20.6 Å². The number of halogens is 3. The summed E-state index contributed by atoms with van der Waals surface area (Å²) in [6.07, 6.45) is 0.288. The standard InChI is InChI=1S/C31H33F3N4O3/c32-31(33,34)20-36-29(41)30(24-10-3-1-8-22(24)23-9-2-4-11-25(23)30)15-5-6-17-38-18-13-21(14-19-38)37-28(40)27-26(39)12-7-16-35-27/h1-4,7-12,16,21,39H,5-6,13-15,17-20H2,(H,36,41)(H,37,40). The predicted molar refractivity (Wildman–Crippen MR) is 148 cm³/mol. The molecule has 2 aromatic carbocycles. The fourth-order valence-electron chi connectivity index (χ4n) is 6.14. The average Bonchev–Trinajstić information content (AvgIpc) is 3.25. The molecule has 216 valence electrons. The number of rotatable bonds is 9. The summed E-state index contributed by atoms with van der Waals surface area (Å²) in [7, 11) is 0. The Balaban J connectivity index is 1.21. The lowest BCUT2D eigenvalue weighted by Crippen LogP contribution is -2.47. The number of nitrogens with zero attached hydrogens (tertiary/aromatic N) is 2. The first-order valence-corrected chi connectivity index (χ1v) is 13.9. The van der Waals surface area contributed by atoms with Crippen molar-refractivity contribution in [1.29, 1.82) is 0 Å². The number of carbonyl (C=O) groups is 2. The number of carbonyl (C=O) groups excluding carboxylic acids is 2. The molecule has 0 atom stereocenters. The summed E-state index contributed by atoms with van der Waals surface area (Å²) in [5.74, 6) is -1.17. The third-order valence-corrected chi connectivity index (χ3v) is 8.10. The first kappa shape index (κ1) is 28.6. The molecule has 0 saturated carbocycles. The van der Waals surface area contributed by atoms with Crippen LogP contribution in [0.2, 0.25) is 0 Å². The number of aromatic hydroxyl groups is 1. The minimum Gasteiger partial charge on any atom is -0.505 e. The molecule has 1 aromatic heterocycles. The predicted octanol–water partition coefficient (Wildman–Crippen LogP) is 4.80. The summed E-state index contributed by atoms with van der Waals surface area (Å²) in [6, 6.07) is 17.9. The van der Waals surface area contributed by atoms with Crippen LogP contribution >= 0.6 is 0 Å². The summed E-state index contributed by atoms with van der Waals surface area (Å²) in [5, 5.41) is 15.0. The Morgan fingerprint density at radius 3 is 2.20 bits per heavy atom. The first-order valence-electron chi connectivity index (χ1n) is 13.9. The molecule has 0 spiro atoms. The van der Waals surface area contributed by atoms with Gasteiger partial charge in [-0.15, -0.1) is 0 Å². The Labute approximate surface area is 236 Å². The fraction of sp³-hybridized carbons (Fsp3) is 0.387. The highest BCUT2D eigenvalue weighted by Crippen LogP contribution is 2.51. The number of aromatic nitrogens is 1. The molecular weight excluding hydrogens is 533 g/mol. The van der Waals surface area contributed by atoms with E-state index in [4.69, 9.17) is 0 Å². The summed E-state index contributed by atoms with van der Waals surface area (Å²) in [6.45, 7) is 0.971. The van der Waals surface area contributed by atoms with E-state index < -0.39 is 30.0 Å². The molecule has 2 amide bonds. The highest BCUT2D eigenvalue weighted by molar-refractivity contribution is 6.00. The normalized spacial score (nSPS) is 16.6. The van der Waals surface area contributed by atoms with E-state index in [1.165, 1.54) is 12.3 Å². The van der Waals surface area contributed by atoms with Crippen molar-refractivity contribution in [2.24, 2.45) is 0 Å². The van der Waals surface area contributed by atoms with Gasteiger partial charge in [-0.1, -0.05) is 55.0 Å². The van der Waals surface area contributed by atoms with Gasteiger partial charge in [0.1, 0.15) is 17.7 Å². The number of likely N-dealkylation sites (tertiary alicyclic amines) is 1. The zero-order valence-electron chi connectivity index (χ0n) is 22.6. The van der Waals surface area contributed by atoms with Gasteiger partial charge in [0.15, 0.2) is 5.69 Å². The Kier molecular flexibility index (Phi) is 8.30. The van der Waals surface area contributed by atoms with Crippen LogP contribution in [0.1, 0.15) is 53.7 Å². The molecule has 41 heavy (non-hydrogen) atoms. The smallest absolute Gasteiger partial charge is 0.405 e. The number of amides is 2. The third kappa shape index (κ3) is 6.07. The van der Waals surface area contributed by atoms with Crippen LogP contribution in [0.3, 0.4) is 0 Å². The van der Waals surface area contributed by atoms with Crippen LogP contribution in [0.25, 0.3) is 11.1 Å². The molecule has 1 fully saturated rings. The molecule has 1 aliphatic heterocycles. The Morgan fingerprint density at radius 1 is 0.951 bits per heavy atom. The molecule has 3 aromatic rings. The highest BCUT2D eigenvalue weighted by Gasteiger charge is 2.49. The molecule has 0 bridgehead atoms. The summed E-state index contributed by atoms with van der Waals surface area (Å²) in [5.41, 5.74) is 2.08. The van der Waals surface area contributed by atoms with Crippen LogP contribution in [0.15, 0.2) is 66.9 Å². The number of pyridine rings is 1. The Bertz CT molecular complexity index is 1360. The first-order chi connectivity index (χ1) is 19.7. The summed E-state index contributed by atoms with van der Waals surface area (Å²) >= 11 is 0. The van der Waals surface area contributed by atoms with Gasteiger partial charge in [-0.05, 0) is 66.6 Å². The van der Waals surface area contributed by atoms with Gasteiger partial charge in [-0.25, -0.2) is 4.98 Å². The van der Waals surface area contributed by atoms with Crippen LogP contribution in [-0.2, 0) is 10.2 Å². The highest BCUT2D eigenvalue weighted by atomic mass is 19.4. The lowest BCUT2D eigenvalue weighted by atomic mass is 9.73. The molecule has 2 heterocycles. The second-order valence-electron chi connectivity index (χ2n) is 10.7. The number of fused-ring (bicyclic) bond motifs is 3. The second kappa shape index (κ2) is 11.9. The van der Waals surface area contributed by atoms with Crippen molar-refractivity contribution in [3.63, 3.8) is 0 Å². The number of piperidine rings is 1. The van der Waals surface area contributed by atoms with Gasteiger partial charge in [0.05, 0.1) is 0 Å². The van der Waals surface area contributed by atoms with E-state index in [-0.39, 0.29) is 17.5 Å². The number of unbranched alkanes of at least 4 members (excludes halogenated alkanes) is 1. The molecule has 3 N–H and O–H groups in total. The molecule has 10 heteroatoms. The van der Waals surface area contributed by atoms with E-state index in [0.29, 0.717) is 12.8 Å². The van der Waals surface area contributed by atoms with Crippen molar-refractivity contribution < 1.29 is 27.9 Å². The van der Waals surface area contributed by atoms with E-state index in [1.54, 1.807) is 6.07 Å². The van der Waals surface area contributed by atoms with E-state index in [2.05, 4.69) is 20.5 Å². The van der Waals surface area contributed by atoms with Gasteiger partial charge in [0.2, 0.25) is 5.91 Å². The van der Waals surface area contributed by atoms with Gasteiger partial charge in [-0.2, -0.15) is 13.2 Å². The monoisotopic (exact) mass is 566 g/mol. The number of nitrogens with one attached hydrogen (secondary N) is 2. The van der Waals surface area contributed by atoms with Crippen molar-refractivity contribution in [1.82, 2.24) is 20.5 Å². The van der Waals surface area contributed by atoms with E-state index >= 15 is 0 Å². The van der Waals surface area contributed by atoms with E-state index in [9.17, 15) is 27.9 Å². The van der Waals surface area contributed by atoms with Crippen LogP contribution in [0.5, 0.6) is 5.75 Å². The molecule has 5 rings (SSSR count). The lowest BCUT2D eigenvalue weighted by Gasteiger charge is -2.33. The molecule has 0 unspecified atom stereocenters. The molecule has 0 radical (unpaired) electrons. The van der Waals surface area contributed by atoms with Crippen molar-refractivity contribution in [2.45, 2.75) is 49.7 Å². The van der Waals surface area contributed by atoms with Crippen LogP contribution in [-0.4, -0.2) is 65.2 Å². The Hall–Kier alpha value is -3.92. The Morgan fingerprint density at radius 2 is 1.59 bits per heavy atom. The minimum atomic E-state index is -4.50. The summed E-state index contributed by atoms with van der Waals surface area (Å²) < 4.78 is 39.2. The van der Waals surface area contributed by atoms with Gasteiger partial charge in [0.25, 0.3) is 5.91 Å². The number of alkyl halides is 3. The number of hydrogen-bond donors (Lipinski definition) is 3. The largest absolute Gasteiger partial charge is 0.505 e. The number of hydrogen-bond acceptors (Lipinski definition) is 5. The van der Waals surface area contributed by atoms with Crippen molar-refractivity contribution in [3.8, 4) is 16.9 Å². The number of benzene rings is 2. The molecule has 7 nitrogen and oxygen atoms in total. The zero-order valence-corrected chi connectivity index (χ0v) is 22.6. The van der Waals surface area contributed by atoms with E-state index in [0.717, 1.165) is 61.2 Å². The molecular formula is C31H33F3N4O3. The van der Waals surface area contributed by atoms with Crippen LogP contribution in [0, 0.1) is 0 Å². The molecule has 2 aliphatic rings. The zero-order chi connectivity index (χ0) is 29.0. The average molecular weight is 567 g/mol. The maximum atomic E-state index is 13.6. The quantitative estimate of drug-likeness (QED) is 0.324. The fourth-order valence-corrected chi connectivity index (χ4v) is 6.14. The third-order valence-electron chi connectivity index (χ3n) is 8.10. The second-order valence-corrected chi connectivity index (χ2v) is 10.7. The topological polar surface area (TPSA) is 94.6 Å².